The van der Waals surface area contributed by atoms with E-state index in [1.54, 1.807) is 7.11 Å². The average molecular weight is 294 g/mol. The van der Waals surface area contributed by atoms with E-state index in [1.807, 2.05) is 24.3 Å². The third kappa shape index (κ3) is 3.84. The first-order valence-corrected chi connectivity index (χ1v) is 7.48. The molecule has 0 radical (unpaired) electrons. The Kier molecular flexibility index (Phi) is 5.61. The molecule has 1 saturated heterocycles. The average Bonchev–Trinajstić information content (AvgIpc) is 2.49. The number of likely N-dealkylation sites (tertiary alicyclic amines) is 1. The summed E-state index contributed by atoms with van der Waals surface area (Å²) >= 11 is 5.51. The summed E-state index contributed by atoms with van der Waals surface area (Å²) in [5.74, 6) is 0.831. The molecule has 4 nitrogen and oxygen atoms in total. The second kappa shape index (κ2) is 7.45. The highest BCUT2D eigenvalue weighted by atomic mass is 32.1. The Bertz CT molecular complexity index is 434. The molecule has 1 aromatic carbocycles. The van der Waals surface area contributed by atoms with E-state index >= 15 is 0 Å². The van der Waals surface area contributed by atoms with Crippen molar-refractivity contribution in [3.63, 3.8) is 0 Å². The van der Waals surface area contributed by atoms with Crippen molar-refractivity contribution in [2.24, 2.45) is 0 Å². The van der Waals surface area contributed by atoms with E-state index in [0.717, 1.165) is 42.4 Å². The van der Waals surface area contributed by atoms with Crippen LogP contribution in [0.1, 0.15) is 25.7 Å². The fourth-order valence-electron chi connectivity index (χ4n) is 2.59. The zero-order valence-corrected chi connectivity index (χ0v) is 12.7. The van der Waals surface area contributed by atoms with E-state index in [2.05, 4.69) is 10.2 Å². The number of thiocarbonyl (C=S) groups is 1. The van der Waals surface area contributed by atoms with E-state index in [1.165, 1.54) is 6.42 Å². The van der Waals surface area contributed by atoms with Crippen molar-refractivity contribution in [1.82, 2.24) is 4.90 Å². The Morgan fingerprint density at radius 1 is 1.40 bits per heavy atom. The van der Waals surface area contributed by atoms with Crippen LogP contribution in [-0.4, -0.2) is 41.4 Å². The van der Waals surface area contributed by atoms with Crippen molar-refractivity contribution >= 4 is 23.0 Å². The van der Waals surface area contributed by atoms with Gasteiger partial charge in [-0.2, -0.15) is 0 Å². The molecule has 1 aromatic rings. The first kappa shape index (κ1) is 15.1. The smallest absolute Gasteiger partial charge is 0.173 e. The van der Waals surface area contributed by atoms with Gasteiger partial charge in [0.1, 0.15) is 5.75 Å². The lowest BCUT2D eigenvalue weighted by atomic mass is 10.0. The van der Waals surface area contributed by atoms with Gasteiger partial charge in [0.05, 0.1) is 7.11 Å². The summed E-state index contributed by atoms with van der Waals surface area (Å²) in [6, 6.07) is 8.08. The van der Waals surface area contributed by atoms with Gasteiger partial charge in [-0.15, -0.1) is 0 Å². The molecule has 1 heterocycles. The van der Waals surface area contributed by atoms with E-state index < -0.39 is 0 Å². The van der Waals surface area contributed by atoms with Crippen molar-refractivity contribution < 1.29 is 9.84 Å². The number of aliphatic hydroxyl groups is 1. The summed E-state index contributed by atoms with van der Waals surface area (Å²) < 4.78 is 5.14. The number of methoxy groups -OCH3 is 1. The number of ether oxygens (including phenoxy) is 1. The first-order valence-electron chi connectivity index (χ1n) is 7.07. The van der Waals surface area contributed by atoms with Gasteiger partial charge in [-0.05, 0) is 62.2 Å². The van der Waals surface area contributed by atoms with Crippen LogP contribution in [0.3, 0.4) is 0 Å². The SMILES string of the molecule is COc1ccc(NC(=S)N2CCCCC2CCO)cc1. The highest BCUT2D eigenvalue weighted by Gasteiger charge is 2.23. The van der Waals surface area contributed by atoms with Crippen LogP contribution in [0.5, 0.6) is 5.75 Å². The number of nitrogens with one attached hydrogen (secondary N) is 1. The van der Waals surface area contributed by atoms with E-state index in [0.29, 0.717) is 6.04 Å². The Labute approximate surface area is 125 Å². The van der Waals surface area contributed by atoms with Gasteiger partial charge < -0.3 is 20.1 Å². The molecule has 1 atom stereocenters. The molecule has 2 N–H and O–H groups in total. The van der Waals surface area contributed by atoms with E-state index in [-0.39, 0.29) is 6.61 Å². The molecule has 1 unspecified atom stereocenters. The van der Waals surface area contributed by atoms with Gasteiger partial charge in [0.15, 0.2) is 5.11 Å². The van der Waals surface area contributed by atoms with Crippen molar-refractivity contribution in [3.05, 3.63) is 24.3 Å². The maximum Gasteiger partial charge on any atom is 0.173 e. The third-order valence-corrected chi connectivity index (χ3v) is 4.03. The molecule has 0 aromatic heterocycles. The monoisotopic (exact) mass is 294 g/mol. The predicted molar refractivity (Wildman–Crippen MR) is 85.3 cm³/mol. The standard InChI is InChI=1S/C15H22N2O2S/c1-19-14-7-5-12(6-8-14)16-15(20)17-10-3-2-4-13(17)9-11-18/h5-8,13,18H,2-4,9-11H2,1H3,(H,16,20). The van der Waals surface area contributed by atoms with Gasteiger partial charge in [0.25, 0.3) is 0 Å². The second-order valence-electron chi connectivity index (χ2n) is 5.01. The minimum atomic E-state index is 0.215. The molecule has 1 aliphatic heterocycles. The first-order chi connectivity index (χ1) is 9.74. The third-order valence-electron chi connectivity index (χ3n) is 3.69. The lowest BCUT2D eigenvalue weighted by molar-refractivity contribution is 0.186. The number of rotatable bonds is 4. The topological polar surface area (TPSA) is 44.7 Å². The van der Waals surface area contributed by atoms with Crippen molar-refractivity contribution in [2.45, 2.75) is 31.7 Å². The van der Waals surface area contributed by atoms with Gasteiger partial charge in [-0.25, -0.2) is 0 Å². The molecule has 5 heteroatoms. The van der Waals surface area contributed by atoms with Crippen LogP contribution in [0.2, 0.25) is 0 Å². The van der Waals surface area contributed by atoms with Gasteiger partial charge in [0.2, 0.25) is 0 Å². The predicted octanol–water partition coefficient (Wildman–Crippen LogP) is 2.63. The number of aliphatic hydroxyl groups excluding tert-OH is 1. The fourth-order valence-corrected chi connectivity index (χ4v) is 2.94. The largest absolute Gasteiger partial charge is 0.497 e. The Balaban J connectivity index is 1.98. The number of piperidine rings is 1. The quantitative estimate of drug-likeness (QED) is 0.836. The number of benzene rings is 1. The lowest BCUT2D eigenvalue weighted by Crippen LogP contribution is -2.46. The van der Waals surface area contributed by atoms with E-state index in [4.69, 9.17) is 22.1 Å². The Morgan fingerprint density at radius 2 is 2.15 bits per heavy atom. The molecule has 1 aliphatic rings. The molecule has 1 fully saturated rings. The number of hydrogen-bond acceptors (Lipinski definition) is 3. The lowest BCUT2D eigenvalue weighted by Gasteiger charge is -2.37. The van der Waals surface area contributed by atoms with Gasteiger partial charge in [-0.3, -0.25) is 0 Å². The highest BCUT2D eigenvalue weighted by Crippen LogP contribution is 2.21. The number of hydrogen-bond donors (Lipinski definition) is 2. The highest BCUT2D eigenvalue weighted by molar-refractivity contribution is 7.80. The zero-order valence-electron chi connectivity index (χ0n) is 11.8. The van der Waals surface area contributed by atoms with Crippen molar-refractivity contribution in [1.29, 1.82) is 0 Å². The van der Waals surface area contributed by atoms with Crippen LogP contribution in [0.4, 0.5) is 5.69 Å². The van der Waals surface area contributed by atoms with Gasteiger partial charge in [-0.1, -0.05) is 0 Å². The van der Waals surface area contributed by atoms with Gasteiger partial charge in [0, 0.05) is 24.9 Å². The fraction of sp³-hybridized carbons (Fsp3) is 0.533. The maximum atomic E-state index is 9.16. The summed E-state index contributed by atoms with van der Waals surface area (Å²) in [7, 11) is 1.65. The summed E-state index contributed by atoms with van der Waals surface area (Å²) in [5.41, 5.74) is 0.962. The summed E-state index contributed by atoms with van der Waals surface area (Å²) in [6.07, 6.45) is 4.26. The molecular formula is C15H22N2O2S. The number of anilines is 1. The van der Waals surface area contributed by atoms with Crippen molar-refractivity contribution in [3.8, 4) is 5.75 Å². The summed E-state index contributed by atoms with van der Waals surface area (Å²) in [5, 5.41) is 13.2. The normalized spacial score (nSPS) is 18.7. The van der Waals surface area contributed by atoms with Crippen LogP contribution in [0, 0.1) is 0 Å². The molecule has 0 saturated carbocycles. The Morgan fingerprint density at radius 3 is 2.80 bits per heavy atom. The maximum absolute atomic E-state index is 9.16. The van der Waals surface area contributed by atoms with Crippen LogP contribution in [0.25, 0.3) is 0 Å². The molecule has 0 aliphatic carbocycles. The molecule has 0 amide bonds. The van der Waals surface area contributed by atoms with Crippen molar-refractivity contribution in [2.75, 3.05) is 25.6 Å². The minimum absolute atomic E-state index is 0.215. The summed E-state index contributed by atoms with van der Waals surface area (Å²) in [4.78, 5) is 2.21. The zero-order chi connectivity index (χ0) is 14.4. The summed E-state index contributed by atoms with van der Waals surface area (Å²) in [6.45, 7) is 1.18. The molecule has 20 heavy (non-hydrogen) atoms. The van der Waals surface area contributed by atoms with Crippen LogP contribution < -0.4 is 10.1 Å². The molecule has 0 bridgehead atoms. The van der Waals surface area contributed by atoms with E-state index in [9.17, 15) is 0 Å². The van der Waals surface area contributed by atoms with Crippen LogP contribution in [0.15, 0.2) is 24.3 Å². The minimum Gasteiger partial charge on any atom is -0.497 e. The number of nitrogens with zero attached hydrogens (tertiary/aromatic N) is 1. The molecule has 2 rings (SSSR count). The molecular weight excluding hydrogens is 272 g/mol. The second-order valence-corrected chi connectivity index (χ2v) is 5.40. The molecule has 0 spiro atoms. The van der Waals surface area contributed by atoms with Crippen LogP contribution in [-0.2, 0) is 0 Å². The molecule has 110 valence electrons. The van der Waals surface area contributed by atoms with Gasteiger partial charge >= 0.3 is 0 Å². The van der Waals surface area contributed by atoms with Crippen LogP contribution >= 0.6 is 12.2 Å². The Hall–Kier alpha value is -1.33.